The number of nitrogens with zero attached hydrogens (tertiary/aromatic N) is 4. The van der Waals surface area contributed by atoms with E-state index in [1.807, 2.05) is 0 Å². The molecule has 23 aromatic carbocycles. The highest BCUT2D eigenvalue weighted by molar-refractivity contribution is 6.61. The molecule has 10 aromatic heterocycles. The third kappa shape index (κ3) is 4.12. The Bertz CT molecular complexity index is 8920. The molecular formula is C100H46N4. The highest BCUT2D eigenvalue weighted by Gasteiger charge is 2.39. The number of hydrogen-bond acceptors (Lipinski definition) is 0. The molecular weight excluding hydrogens is 1260 g/mol. The molecule has 4 nitrogen and oxygen atoms in total. The molecule has 33 rings (SSSR count). The molecule has 0 radical (unpaired) electrons. The second-order valence-corrected chi connectivity index (χ2v) is 33.1. The minimum atomic E-state index is 1.32. The van der Waals surface area contributed by atoms with Crippen molar-refractivity contribution < 1.29 is 0 Å². The van der Waals surface area contributed by atoms with Gasteiger partial charge in [-0.25, -0.2) is 0 Å². The minimum absolute atomic E-state index is 1.32. The number of aryl methyl sites for hydroxylation is 6. The third-order valence-corrected chi connectivity index (χ3v) is 29.6. The van der Waals surface area contributed by atoms with E-state index in [9.17, 15) is 0 Å². The van der Waals surface area contributed by atoms with Crippen molar-refractivity contribution in [2.75, 3.05) is 0 Å². The van der Waals surface area contributed by atoms with Gasteiger partial charge in [0.15, 0.2) is 0 Å². The van der Waals surface area contributed by atoms with Gasteiger partial charge in [0.1, 0.15) is 0 Å². The summed E-state index contributed by atoms with van der Waals surface area (Å²) in [4.78, 5) is 0. The van der Waals surface area contributed by atoms with Crippen LogP contribution in [-0.4, -0.2) is 17.6 Å². The Morgan fingerprint density at radius 2 is 0.240 bits per heavy atom. The fourth-order valence-corrected chi connectivity index (χ4v) is 26.4. The average Bonchev–Trinajstić information content (AvgIpc) is 0.629. The fourth-order valence-electron chi connectivity index (χ4n) is 26.4. The van der Waals surface area contributed by atoms with Crippen LogP contribution in [0.1, 0.15) is 33.4 Å². The fraction of sp³-hybridized carbons (Fsp3) is 0.0600. The van der Waals surface area contributed by atoms with Gasteiger partial charge in [0, 0.05) is 135 Å². The quantitative estimate of drug-likeness (QED) is 0.106. The zero-order chi connectivity index (χ0) is 66.2. The molecule has 33 aromatic rings. The molecule has 0 atom stereocenters. The highest BCUT2D eigenvalue weighted by Crippen LogP contribution is 2.64. The number of hydrogen-bond donors (Lipinski definition) is 0. The first-order valence-corrected chi connectivity index (χ1v) is 37.4. The summed E-state index contributed by atoms with van der Waals surface area (Å²) in [5, 5.41) is 66.0. The zero-order valence-electron chi connectivity index (χ0n) is 57.0. The summed E-state index contributed by atoms with van der Waals surface area (Å²) in [6.45, 7) is 14.1. The van der Waals surface area contributed by atoms with Crippen LogP contribution in [0.25, 0.3) is 325 Å². The molecule has 0 aliphatic heterocycles. The molecule has 104 heavy (non-hydrogen) atoms. The van der Waals surface area contributed by atoms with Crippen molar-refractivity contribution in [1.82, 2.24) is 17.6 Å². The first-order chi connectivity index (χ1) is 51.2. The Labute approximate surface area is 583 Å². The van der Waals surface area contributed by atoms with E-state index >= 15 is 0 Å². The number of pyridine rings is 8. The van der Waals surface area contributed by atoms with Crippen LogP contribution in [0, 0.1) is 41.5 Å². The molecule has 0 bridgehead atoms. The van der Waals surface area contributed by atoms with Crippen molar-refractivity contribution in [3.05, 3.63) is 203 Å². The summed E-state index contributed by atoms with van der Waals surface area (Å²) >= 11 is 0. The molecule has 0 spiro atoms. The lowest BCUT2D eigenvalue weighted by Gasteiger charge is -2.33. The lowest BCUT2D eigenvalue weighted by Crippen LogP contribution is -2.11. The van der Waals surface area contributed by atoms with Gasteiger partial charge in [-0.15, -0.1) is 0 Å². The molecule has 0 aliphatic carbocycles. The normalized spacial score (nSPS) is 14.4. The van der Waals surface area contributed by atoms with Gasteiger partial charge in [-0.2, -0.15) is 0 Å². The second-order valence-electron chi connectivity index (χ2n) is 33.1. The summed E-state index contributed by atoms with van der Waals surface area (Å²) in [5.74, 6) is 0. The van der Waals surface area contributed by atoms with Crippen molar-refractivity contribution in [2.45, 2.75) is 41.5 Å². The van der Waals surface area contributed by atoms with Crippen molar-refractivity contribution in [2.24, 2.45) is 0 Å². The van der Waals surface area contributed by atoms with Crippen LogP contribution < -0.4 is 0 Å². The monoisotopic (exact) mass is 1300 g/mol. The van der Waals surface area contributed by atoms with Gasteiger partial charge in [-0.3, -0.25) is 0 Å². The number of fused-ring (bicyclic) bond motifs is 12. The van der Waals surface area contributed by atoms with E-state index in [4.69, 9.17) is 0 Å². The first-order valence-electron chi connectivity index (χ1n) is 37.4. The highest BCUT2D eigenvalue weighted by atomic mass is 15.0. The molecule has 0 unspecified atom stereocenters. The average molecular weight is 1300 g/mol. The van der Waals surface area contributed by atoms with Crippen LogP contribution in [0.15, 0.2) is 170 Å². The van der Waals surface area contributed by atoms with E-state index in [1.165, 1.54) is 358 Å². The van der Waals surface area contributed by atoms with Gasteiger partial charge in [-0.1, -0.05) is 170 Å². The van der Waals surface area contributed by atoms with Crippen molar-refractivity contribution >= 4 is 325 Å². The number of aromatic nitrogens is 4. The molecule has 0 aliphatic rings. The molecule has 4 heteroatoms. The third-order valence-electron chi connectivity index (χ3n) is 29.6. The first kappa shape index (κ1) is 48.7. The van der Waals surface area contributed by atoms with E-state index in [2.05, 4.69) is 229 Å². The largest absolute Gasteiger partial charge is 0.304 e. The molecule has 466 valence electrons. The Kier molecular flexibility index (Phi) is 6.59. The van der Waals surface area contributed by atoms with Gasteiger partial charge in [0.05, 0.1) is 66.2 Å². The van der Waals surface area contributed by atoms with Crippen LogP contribution in [-0.2, 0) is 0 Å². The predicted molar refractivity (Wildman–Crippen MR) is 448 cm³/mol. The predicted octanol–water partition coefficient (Wildman–Crippen LogP) is 27.8. The smallest absolute Gasteiger partial charge is 0.0789 e. The molecule has 0 amide bonds. The van der Waals surface area contributed by atoms with Crippen LogP contribution >= 0.6 is 0 Å². The molecule has 10 heterocycles. The Hall–Kier alpha value is -13.0. The van der Waals surface area contributed by atoms with Gasteiger partial charge < -0.3 is 17.6 Å². The van der Waals surface area contributed by atoms with Gasteiger partial charge >= 0.3 is 0 Å². The maximum atomic E-state index is 2.86. The summed E-state index contributed by atoms with van der Waals surface area (Å²) in [6, 6.07) is 70.3. The van der Waals surface area contributed by atoms with Crippen molar-refractivity contribution in [3.63, 3.8) is 0 Å². The Morgan fingerprint density at radius 1 is 0.115 bits per heavy atom. The van der Waals surface area contributed by atoms with Gasteiger partial charge in [0.2, 0.25) is 0 Å². The van der Waals surface area contributed by atoms with Crippen LogP contribution in [0.4, 0.5) is 0 Å². The summed E-state index contributed by atoms with van der Waals surface area (Å²) in [6.07, 6.45) is 0. The Morgan fingerprint density at radius 3 is 0.423 bits per heavy atom. The lowest BCUT2D eigenvalue weighted by molar-refractivity contribution is 1.25. The minimum Gasteiger partial charge on any atom is -0.304 e. The topological polar surface area (TPSA) is 17.6 Å². The SMILES string of the molecule is Cc1ccc2c3ccc4c5ccc6c7ccc8c9ccc%10c%11ccc%12c%13ccc(C)c%14c(C)c%15c(C)ccc%16c%17ccc%18c%19ccc%20c%21ccc%22c%23ccc%24c%25ccc%26c%27ccc(C)c%28c(C)c1c2c(c%28%27)c1c3c4c(c%25c%261)n1c5c6n(c2c7c8c(c%21c%222)c2c9c%10c(c%19c%202)n2c%11c%12n(c(c%14%13)c%15%16)c%17c%182)c%23c%241. The second kappa shape index (κ2) is 14.1. The van der Waals surface area contributed by atoms with Crippen LogP contribution in [0.5, 0.6) is 0 Å². The zero-order valence-corrected chi connectivity index (χ0v) is 57.0. The maximum absolute atomic E-state index is 2.86. The number of benzene rings is 23. The maximum Gasteiger partial charge on any atom is 0.0789 e. The standard InChI is InChI=1S/C100H46N4/c1-35-7-11-41-43-15-21-51-61-31-33-63-55-25-19-47-45-17-23-53-59-29-27-57-49-13-9-37(3)67-40(6)68-38(4)10-14-50-58-28-30-60-54-24-18-46-48-20-26-56-64-34-32-62-52-22-16-44-42-12-8-36(2)66-39(5)65(35)69(41)85(70(42)66)86-71(43)79(51)98(80(52)72(44)86)103-93(61)95(63)104(96(64)94(62)103)100-83(55)75(47)88(76(48)84(56)100)87-73(45)81(53)99(82(54)74(46)87)102-91(59)89(57)101(90(58)92(60)102)97(77(49)67)78(50)68/h7-34H,1-6H3. The molecule has 0 fully saturated rings. The van der Waals surface area contributed by atoms with Crippen LogP contribution in [0.3, 0.4) is 0 Å². The van der Waals surface area contributed by atoms with E-state index in [-0.39, 0.29) is 0 Å². The van der Waals surface area contributed by atoms with E-state index < -0.39 is 0 Å². The van der Waals surface area contributed by atoms with Gasteiger partial charge in [-0.05, 0) is 199 Å². The van der Waals surface area contributed by atoms with E-state index in [0.29, 0.717) is 0 Å². The lowest BCUT2D eigenvalue weighted by atomic mass is 9.75. The summed E-state index contributed by atoms with van der Waals surface area (Å²) < 4.78 is 11.3. The summed E-state index contributed by atoms with van der Waals surface area (Å²) in [7, 11) is 0. The Balaban J connectivity index is 0.799. The van der Waals surface area contributed by atoms with Crippen molar-refractivity contribution in [3.8, 4) is 0 Å². The van der Waals surface area contributed by atoms with Gasteiger partial charge in [0.25, 0.3) is 0 Å². The van der Waals surface area contributed by atoms with Crippen LogP contribution in [0.2, 0.25) is 0 Å². The molecule has 0 N–H and O–H groups in total. The van der Waals surface area contributed by atoms with E-state index in [1.54, 1.807) is 0 Å². The molecule has 0 saturated heterocycles. The van der Waals surface area contributed by atoms with E-state index in [0.717, 1.165) is 0 Å². The molecule has 0 saturated carbocycles. The summed E-state index contributed by atoms with van der Waals surface area (Å²) in [5.41, 5.74) is 24.2. The van der Waals surface area contributed by atoms with Crippen molar-refractivity contribution in [1.29, 1.82) is 0 Å². The number of rotatable bonds is 0.